The maximum absolute atomic E-state index is 11.7. The molecule has 0 spiro atoms. The highest BCUT2D eigenvalue weighted by Crippen LogP contribution is 2.26. The monoisotopic (exact) mass is 333 g/mol. The zero-order chi connectivity index (χ0) is 16.2. The summed E-state index contributed by atoms with van der Waals surface area (Å²) in [5.41, 5.74) is 0.875. The summed E-state index contributed by atoms with van der Waals surface area (Å²) in [5.74, 6) is 1.31. The number of amides is 1. The summed E-state index contributed by atoms with van der Waals surface area (Å²) >= 11 is 1.51. The van der Waals surface area contributed by atoms with Gasteiger partial charge in [-0.2, -0.15) is 0 Å². The molecule has 1 unspecified atom stereocenters. The Morgan fingerprint density at radius 2 is 2.39 bits per heavy atom. The lowest BCUT2D eigenvalue weighted by molar-refractivity contribution is -0.135. The van der Waals surface area contributed by atoms with Crippen molar-refractivity contribution in [3.63, 3.8) is 0 Å². The Morgan fingerprint density at radius 1 is 1.52 bits per heavy atom. The van der Waals surface area contributed by atoms with Crippen molar-refractivity contribution in [3.8, 4) is 0 Å². The van der Waals surface area contributed by atoms with Gasteiger partial charge < -0.3 is 15.3 Å². The van der Waals surface area contributed by atoms with Crippen LogP contribution in [0.2, 0.25) is 0 Å². The van der Waals surface area contributed by atoms with Gasteiger partial charge in [0.15, 0.2) is 5.13 Å². The van der Waals surface area contributed by atoms with Gasteiger partial charge in [0.1, 0.15) is 18.2 Å². The number of aliphatic hydroxyl groups is 1. The standard InChI is InChI=1S/C15H19N5O2S/c1-10-7-12(19-15-16-4-6-23-15)18-14(17-10)11-3-2-5-20(8-11)13(22)9-21/h4,6-7,11,21H,2-3,5,8-9H2,1H3,(H,16,17,18,19). The van der Waals surface area contributed by atoms with Gasteiger partial charge in [0.2, 0.25) is 5.91 Å². The molecule has 2 N–H and O–H groups in total. The Labute approximate surface area is 138 Å². The zero-order valence-corrected chi connectivity index (χ0v) is 13.7. The minimum absolute atomic E-state index is 0.0935. The third-order valence-electron chi connectivity index (χ3n) is 3.81. The van der Waals surface area contributed by atoms with Crippen LogP contribution >= 0.6 is 11.3 Å². The molecule has 1 amide bonds. The molecular formula is C15H19N5O2S. The highest BCUT2D eigenvalue weighted by Gasteiger charge is 2.26. The normalized spacial score (nSPS) is 18.0. The molecule has 3 rings (SSSR count). The molecule has 0 saturated carbocycles. The first-order chi connectivity index (χ1) is 11.2. The number of piperidine rings is 1. The highest BCUT2D eigenvalue weighted by atomic mass is 32.1. The van der Waals surface area contributed by atoms with Crippen molar-refractivity contribution in [1.29, 1.82) is 0 Å². The number of likely N-dealkylation sites (tertiary alicyclic amines) is 1. The summed E-state index contributed by atoms with van der Waals surface area (Å²) in [6.45, 7) is 2.72. The Morgan fingerprint density at radius 3 is 3.13 bits per heavy atom. The first-order valence-electron chi connectivity index (χ1n) is 7.56. The van der Waals surface area contributed by atoms with E-state index in [1.807, 2.05) is 18.4 Å². The number of rotatable bonds is 4. The molecule has 1 aliphatic rings. The quantitative estimate of drug-likeness (QED) is 0.884. The van der Waals surface area contributed by atoms with E-state index in [-0.39, 0.29) is 11.8 Å². The van der Waals surface area contributed by atoms with Crippen LogP contribution < -0.4 is 5.32 Å². The smallest absolute Gasteiger partial charge is 0.248 e. The van der Waals surface area contributed by atoms with Crippen LogP contribution in [-0.2, 0) is 4.79 Å². The fraction of sp³-hybridized carbons (Fsp3) is 0.467. The maximum Gasteiger partial charge on any atom is 0.248 e. The van der Waals surface area contributed by atoms with Gasteiger partial charge in [-0.15, -0.1) is 11.3 Å². The molecule has 1 atom stereocenters. The topological polar surface area (TPSA) is 91.2 Å². The molecule has 8 heteroatoms. The number of aryl methyl sites for hydroxylation is 1. The lowest BCUT2D eigenvalue weighted by Crippen LogP contribution is -2.41. The average molecular weight is 333 g/mol. The number of hydrogen-bond donors (Lipinski definition) is 2. The lowest BCUT2D eigenvalue weighted by atomic mass is 9.97. The molecule has 2 aromatic rings. The van der Waals surface area contributed by atoms with Crippen LogP contribution in [0.4, 0.5) is 10.9 Å². The van der Waals surface area contributed by atoms with Gasteiger partial charge >= 0.3 is 0 Å². The molecule has 3 heterocycles. The second-order valence-corrected chi connectivity index (χ2v) is 6.45. The van der Waals surface area contributed by atoms with Gasteiger partial charge in [-0.25, -0.2) is 15.0 Å². The highest BCUT2D eigenvalue weighted by molar-refractivity contribution is 7.13. The number of nitrogens with one attached hydrogen (secondary N) is 1. The lowest BCUT2D eigenvalue weighted by Gasteiger charge is -2.31. The third kappa shape index (κ3) is 3.83. The predicted molar refractivity (Wildman–Crippen MR) is 87.8 cm³/mol. The summed E-state index contributed by atoms with van der Waals surface area (Å²) in [7, 11) is 0. The van der Waals surface area contributed by atoms with E-state index in [4.69, 9.17) is 5.11 Å². The van der Waals surface area contributed by atoms with Crippen LogP contribution in [0.1, 0.15) is 30.3 Å². The molecule has 7 nitrogen and oxygen atoms in total. The van der Waals surface area contributed by atoms with Crippen molar-refractivity contribution in [1.82, 2.24) is 19.9 Å². The molecule has 1 fully saturated rings. The van der Waals surface area contributed by atoms with Crippen LogP contribution in [-0.4, -0.2) is 50.6 Å². The van der Waals surface area contributed by atoms with Crippen molar-refractivity contribution in [2.24, 2.45) is 0 Å². The Balaban J connectivity index is 1.79. The summed E-state index contributed by atoms with van der Waals surface area (Å²) in [5, 5.41) is 14.9. The Bertz CT molecular complexity index is 677. The summed E-state index contributed by atoms with van der Waals surface area (Å²) in [6, 6.07) is 1.88. The van der Waals surface area contributed by atoms with Gasteiger partial charge in [0.05, 0.1) is 0 Å². The summed E-state index contributed by atoms with van der Waals surface area (Å²) in [6.07, 6.45) is 3.57. The molecule has 122 valence electrons. The van der Waals surface area contributed by atoms with E-state index in [1.165, 1.54) is 11.3 Å². The molecule has 2 aromatic heterocycles. The number of thiazole rings is 1. The number of carbonyl (C=O) groups excluding carboxylic acids is 1. The first kappa shape index (κ1) is 15.8. The molecule has 0 bridgehead atoms. The average Bonchev–Trinajstić information content (AvgIpc) is 3.06. The van der Waals surface area contributed by atoms with E-state index >= 15 is 0 Å². The number of nitrogens with zero attached hydrogens (tertiary/aromatic N) is 4. The van der Waals surface area contributed by atoms with Crippen molar-refractivity contribution >= 4 is 28.2 Å². The minimum Gasteiger partial charge on any atom is -0.387 e. The molecule has 0 aliphatic carbocycles. The van der Waals surface area contributed by atoms with Crippen molar-refractivity contribution < 1.29 is 9.90 Å². The molecule has 23 heavy (non-hydrogen) atoms. The fourth-order valence-corrected chi connectivity index (χ4v) is 3.28. The van der Waals surface area contributed by atoms with E-state index in [0.717, 1.165) is 29.5 Å². The van der Waals surface area contributed by atoms with E-state index in [1.54, 1.807) is 11.1 Å². The number of aliphatic hydroxyl groups excluding tert-OH is 1. The molecule has 0 radical (unpaired) electrons. The third-order valence-corrected chi connectivity index (χ3v) is 4.50. The van der Waals surface area contributed by atoms with Crippen LogP contribution in [0, 0.1) is 6.92 Å². The van der Waals surface area contributed by atoms with Gasteiger partial charge in [-0.05, 0) is 19.8 Å². The van der Waals surface area contributed by atoms with E-state index in [2.05, 4.69) is 20.3 Å². The molecule has 1 saturated heterocycles. The van der Waals surface area contributed by atoms with E-state index in [9.17, 15) is 4.79 Å². The summed E-state index contributed by atoms with van der Waals surface area (Å²) in [4.78, 5) is 26.7. The van der Waals surface area contributed by atoms with Crippen molar-refractivity contribution in [2.45, 2.75) is 25.7 Å². The second-order valence-electron chi connectivity index (χ2n) is 5.55. The summed E-state index contributed by atoms with van der Waals surface area (Å²) < 4.78 is 0. The van der Waals surface area contributed by atoms with Crippen LogP contribution in [0.5, 0.6) is 0 Å². The van der Waals surface area contributed by atoms with E-state index in [0.29, 0.717) is 18.9 Å². The fourth-order valence-electron chi connectivity index (χ4n) is 2.75. The SMILES string of the molecule is Cc1cc(Nc2nccs2)nc(C2CCCN(C(=O)CO)C2)n1. The number of carbonyl (C=O) groups is 1. The van der Waals surface area contributed by atoms with Crippen LogP contribution in [0.3, 0.4) is 0 Å². The van der Waals surface area contributed by atoms with Crippen molar-refractivity contribution in [3.05, 3.63) is 29.2 Å². The number of anilines is 2. The molecular weight excluding hydrogens is 314 g/mol. The zero-order valence-electron chi connectivity index (χ0n) is 12.9. The first-order valence-corrected chi connectivity index (χ1v) is 8.44. The van der Waals surface area contributed by atoms with Crippen molar-refractivity contribution in [2.75, 3.05) is 25.0 Å². The Kier molecular flexibility index (Phi) is 4.82. The molecule has 1 aliphatic heterocycles. The predicted octanol–water partition coefficient (Wildman–Crippen LogP) is 1.68. The van der Waals surface area contributed by atoms with Crippen LogP contribution in [0.15, 0.2) is 17.6 Å². The van der Waals surface area contributed by atoms with Gasteiger partial charge in [-0.3, -0.25) is 4.79 Å². The Hall–Kier alpha value is -2.06. The second kappa shape index (κ2) is 7.01. The molecule has 0 aromatic carbocycles. The number of aromatic nitrogens is 3. The van der Waals surface area contributed by atoms with Crippen LogP contribution in [0.25, 0.3) is 0 Å². The van der Waals surface area contributed by atoms with Gasteiger partial charge in [-0.1, -0.05) is 0 Å². The minimum atomic E-state index is -0.446. The van der Waals surface area contributed by atoms with E-state index < -0.39 is 6.61 Å². The number of hydrogen-bond acceptors (Lipinski definition) is 7. The maximum atomic E-state index is 11.7. The van der Waals surface area contributed by atoms with Gasteiger partial charge in [0, 0.05) is 42.3 Å². The largest absolute Gasteiger partial charge is 0.387 e. The van der Waals surface area contributed by atoms with Gasteiger partial charge in [0.25, 0.3) is 0 Å².